The normalized spacial score (nSPS) is 10.6. The number of amides is 1. The third-order valence-corrected chi connectivity index (χ3v) is 5.08. The molecule has 0 spiro atoms. The van der Waals surface area contributed by atoms with Gasteiger partial charge in [0.1, 0.15) is 0 Å². The van der Waals surface area contributed by atoms with E-state index in [1.807, 2.05) is 32.9 Å². The summed E-state index contributed by atoms with van der Waals surface area (Å²) >= 11 is 0. The molecule has 3 aromatic rings. The van der Waals surface area contributed by atoms with Gasteiger partial charge in [0.15, 0.2) is 17.1 Å². The van der Waals surface area contributed by atoms with E-state index in [4.69, 9.17) is 14.2 Å². The van der Waals surface area contributed by atoms with Crippen LogP contribution in [-0.2, 0) is 0 Å². The number of fused-ring (bicyclic) bond motifs is 1. The van der Waals surface area contributed by atoms with Gasteiger partial charge < -0.3 is 24.4 Å². The molecular formula is C23H28N4O4. The molecule has 1 amide bonds. The van der Waals surface area contributed by atoms with E-state index < -0.39 is 0 Å². The number of rotatable bonds is 8. The minimum absolute atomic E-state index is 0.102. The second-order valence-electron chi connectivity index (χ2n) is 6.89. The lowest BCUT2D eigenvalue weighted by Crippen LogP contribution is -2.31. The number of nitrogens with one attached hydrogen (secondary N) is 1. The van der Waals surface area contributed by atoms with E-state index >= 15 is 0 Å². The number of methoxy groups -OCH3 is 3. The van der Waals surface area contributed by atoms with Gasteiger partial charge in [-0.25, -0.2) is 9.97 Å². The zero-order chi connectivity index (χ0) is 22.5. The van der Waals surface area contributed by atoms with E-state index in [1.54, 1.807) is 44.6 Å². The maximum absolute atomic E-state index is 13.2. The highest BCUT2D eigenvalue weighted by molar-refractivity contribution is 6.07. The van der Waals surface area contributed by atoms with Crippen LogP contribution < -0.4 is 19.5 Å². The molecule has 0 aliphatic heterocycles. The van der Waals surface area contributed by atoms with E-state index in [1.165, 1.54) is 0 Å². The zero-order valence-corrected chi connectivity index (χ0v) is 18.8. The fraction of sp³-hybridized carbons (Fsp3) is 0.348. The van der Waals surface area contributed by atoms with Gasteiger partial charge in [0.25, 0.3) is 5.91 Å². The first-order valence-electron chi connectivity index (χ1n) is 10.1. The average molecular weight is 425 g/mol. The summed E-state index contributed by atoms with van der Waals surface area (Å²) < 4.78 is 16.3. The van der Waals surface area contributed by atoms with Gasteiger partial charge in [0, 0.05) is 48.2 Å². The number of anilines is 2. The number of benzene rings is 1. The zero-order valence-electron chi connectivity index (χ0n) is 18.8. The Morgan fingerprint density at radius 2 is 1.68 bits per heavy atom. The molecule has 8 nitrogen and oxygen atoms in total. The van der Waals surface area contributed by atoms with Crippen molar-refractivity contribution in [1.29, 1.82) is 0 Å². The van der Waals surface area contributed by atoms with Crippen LogP contribution in [0.25, 0.3) is 11.0 Å². The highest BCUT2D eigenvalue weighted by atomic mass is 16.5. The first-order chi connectivity index (χ1) is 15.0. The van der Waals surface area contributed by atoms with Gasteiger partial charge in [-0.05, 0) is 32.9 Å². The van der Waals surface area contributed by atoms with Gasteiger partial charge in [-0.3, -0.25) is 4.79 Å². The van der Waals surface area contributed by atoms with E-state index in [2.05, 4.69) is 15.3 Å². The number of carbonyl (C=O) groups is 1. The van der Waals surface area contributed by atoms with Crippen molar-refractivity contribution in [2.24, 2.45) is 0 Å². The molecular weight excluding hydrogens is 396 g/mol. The van der Waals surface area contributed by atoms with Crippen molar-refractivity contribution in [1.82, 2.24) is 14.9 Å². The summed E-state index contributed by atoms with van der Waals surface area (Å²) in [6.07, 6.45) is 1.58. The van der Waals surface area contributed by atoms with Gasteiger partial charge in [-0.2, -0.15) is 0 Å². The lowest BCUT2D eigenvalue weighted by atomic mass is 10.1. The molecule has 3 rings (SSSR count). The SMILES string of the molecule is CCN(CC)C(=O)c1cnc2nc(C)ccc2c1Nc1cc(OC)c(OC)c(OC)c1. The molecule has 31 heavy (non-hydrogen) atoms. The molecule has 0 saturated heterocycles. The van der Waals surface area contributed by atoms with Crippen LogP contribution in [-0.4, -0.2) is 55.2 Å². The Morgan fingerprint density at radius 3 is 2.23 bits per heavy atom. The van der Waals surface area contributed by atoms with Gasteiger partial charge in [0.2, 0.25) is 5.75 Å². The highest BCUT2D eigenvalue weighted by Crippen LogP contribution is 2.41. The summed E-state index contributed by atoms with van der Waals surface area (Å²) in [5.74, 6) is 1.41. The van der Waals surface area contributed by atoms with Gasteiger partial charge in [-0.15, -0.1) is 0 Å². The summed E-state index contributed by atoms with van der Waals surface area (Å²) in [5, 5.41) is 4.12. The molecule has 2 aromatic heterocycles. The van der Waals surface area contributed by atoms with Gasteiger partial charge in [0.05, 0.1) is 32.6 Å². The Bertz CT molecular complexity index is 1070. The Kier molecular flexibility index (Phi) is 6.79. The average Bonchev–Trinajstić information content (AvgIpc) is 2.78. The summed E-state index contributed by atoms with van der Waals surface area (Å²) in [6, 6.07) is 7.40. The van der Waals surface area contributed by atoms with Crippen LogP contribution in [0.1, 0.15) is 29.9 Å². The molecule has 0 aliphatic carbocycles. The molecule has 0 saturated carbocycles. The van der Waals surface area contributed by atoms with Crippen molar-refractivity contribution in [3.63, 3.8) is 0 Å². The van der Waals surface area contributed by atoms with Crippen molar-refractivity contribution in [2.45, 2.75) is 20.8 Å². The van der Waals surface area contributed by atoms with E-state index in [9.17, 15) is 4.79 Å². The predicted molar refractivity (Wildman–Crippen MR) is 121 cm³/mol. The van der Waals surface area contributed by atoms with Crippen molar-refractivity contribution in [3.8, 4) is 17.2 Å². The summed E-state index contributed by atoms with van der Waals surface area (Å²) in [6.45, 7) is 7.01. The highest BCUT2D eigenvalue weighted by Gasteiger charge is 2.21. The largest absolute Gasteiger partial charge is 0.493 e. The third kappa shape index (κ3) is 4.33. The Morgan fingerprint density at radius 1 is 1.03 bits per heavy atom. The number of hydrogen-bond donors (Lipinski definition) is 1. The number of pyridine rings is 2. The molecule has 0 radical (unpaired) electrons. The second kappa shape index (κ2) is 9.51. The fourth-order valence-corrected chi connectivity index (χ4v) is 3.45. The molecule has 0 bridgehead atoms. The lowest BCUT2D eigenvalue weighted by molar-refractivity contribution is 0.0773. The quantitative estimate of drug-likeness (QED) is 0.580. The molecule has 0 fully saturated rings. The number of aromatic nitrogens is 2. The standard InChI is InChI=1S/C23H28N4O4/c1-7-27(8-2)23(28)17-13-24-22-16(10-9-14(3)25-22)20(17)26-15-11-18(29-4)21(31-6)19(12-15)30-5/h9-13H,7-8H2,1-6H3,(H,24,25,26). The molecule has 0 unspecified atom stereocenters. The van der Waals surface area contributed by atoms with Gasteiger partial charge in [-0.1, -0.05) is 0 Å². The lowest BCUT2D eigenvalue weighted by Gasteiger charge is -2.22. The van der Waals surface area contributed by atoms with Crippen molar-refractivity contribution < 1.29 is 19.0 Å². The molecule has 164 valence electrons. The van der Waals surface area contributed by atoms with Crippen molar-refractivity contribution >= 4 is 28.3 Å². The van der Waals surface area contributed by atoms with Crippen LogP contribution >= 0.6 is 0 Å². The molecule has 1 aromatic carbocycles. The summed E-state index contributed by atoms with van der Waals surface area (Å²) in [5.41, 5.74) is 3.18. The van der Waals surface area contributed by atoms with Crippen LogP contribution in [0, 0.1) is 6.92 Å². The Balaban J connectivity index is 2.20. The summed E-state index contributed by atoms with van der Waals surface area (Å²) in [4.78, 5) is 23.9. The minimum Gasteiger partial charge on any atom is -0.493 e. The van der Waals surface area contributed by atoms with Crippen LogP contribution in [0.5, 0.6) is 17.2 Å². The minimum atomic E-state index is -0.102. The maximum Gasteiger partial charge on any atom is 0.257 e. The topological polar surface area (TPSA) is 85.8 Å². The third-order valence-electron chi connectivity index (χ3n) is 5.08. The number of nitrogens with zero attached hydrogens (tertiary/aromatic N) is 3. The second-order valence-corrected chi connectivity index (χ2v) is 6.89. The fourth-order valence-electron chi connectivity index (χ4n) is 3.45. The predicted octanol–water partition coefficient (Wildman–Crippen LogP) is 4.19. The van der Waals surface area contributed by atoms with Crippen molar-refractivity contribution in [3.05, 3.63) is 41.7 Å². The maximum atomic E-state index is 13.2. The molecule has 0 atom stereocenters. The number of ether oxygens (including phenoxy) is 3. The molecule has 1 N–H and O–H groups in total. The smallest absolute Gasteiger partial charge is 0.257 e. The van der Waals surface area contributed by atoms with E-state index in [0.29, 0.717) is 52.9 Å². The number of carbonyl (C=O) groups excluding carboxylic acids is 1. The monoisotopic (exact) mass is 424 g/mol. The van der Waals surface area contributed by atoms with Crippen LogP contribution in [0.4, 0.5) is 11.4 Å². The first kappa shape index (κ1) is 22.1. The molecule has 8 heteroatoms. The molecule has 0 aliphatic rings. The first-order valence-corrected chi connectivity index (χ1v) is 10.1. The molecule has 2 heterocycles. The Labute approximate surface area is 182 Å². The van der Waals surface area contributed by atoms with Crippen molar-refractivity contribution in [2.75, 3.05) is 39.7 Å². The van der Waals surface area contributed by atoms with Gasteiger partial charge >= 0.3 is 0 Å². The summed E-state index contributed by atoms with van der Waals surface area (Å²) in [7, 11) is 4.68. The van der Waals surface area contributed by atoms with E-state index in [0.717, 1.165) is 11.1 Å². The van der Waals surface area contributed by atoms with Crippen LogP contribution in [0.15, 0.2) is 30.5 Å². The number of hydrogen-bond acceptors (Lipinski definition) is 7. The van der Waals surface area contributed by atoms with Crippen LogP contribution in [0.2, 0.25) is 0 Å². The number of aryl methyl sites for hydroxylation is 1. The van der Waals surface area contributed by atoms with E-state index in [-0.39, 0.29) is 5.91 Å². The Hall–Kier alpha value is -3.55. The van der Waals surface area contributed by atoms with Crippen LogP contribution in [0.3, 0.4) is 0 Å².